The van der Waals surface area contributed by atoms with Crippen molar-refractivity contribution in [1.29, 1.82) is 0 Å². The highest BCUT2D eigenvalue weighted by atomic mass is 15.1. The molecule has 1 fully saturated rings. The van der Waals surface area contributed by atoms with Crippen LogP contribution in [0, 0.1) is 0 Å². The van der Waals surface area contributed by atoms with Gasteiger partial charge in [0, 0.05) is 31.2 Å². The second-order valence-electron chi connectivity index (χ2n) is 4.02. The first-order chi connectivity index (χ1) is 7.95. The first kappa shape index (κ1) is 9.54. The summed E-state index contributed by atoms with van der Waals surface area (Å²) in [5, 5.41) is 3.37. The number of pyridine rings is 1. The van der Waals surface area contributed by atoms with E-state index in [-0.39, 0.29) is 0 Å². The third kappa shape index (κ3) is 1.61. The molecule has 0 saturated carbocycles. The molecule has 1 aliphatic heterocycles. The Morgan fingerprint density at radius 3 is 3.00 bits per heavy atom. The van der Waals surface area contributed by atoms with Crippen LogP contribution < -0.4 is 5.32 Å². The lowest BCUT2D eigenvalue weighted by atomic mass is 10.2. The van der Waals surface area contributed by atoms with Gasteiger partial charge < -0.3 is 9.88 Å². The SMILES string of the molecule is c1ccc(-c2nccn2C2CCNC2)nc1. The predicted octanol–water partition coefficient (Wildman–Crippen LogP) is 1.48. The van der Waals surface area contributed by atoms with Crippen molar-refractivity contribution in [3.8, 4) is 11.5 Å². The summed E-state index contributed by atoms with van der Waals surface area (Å²) in [5.41, 5.74) is 0.944. The molecule has 16 heavy (non-hydrogen) atoms. The van der Waals surface area contributed by atoms with Gasteiger partial charge in [0.1, 0.15) is 5.69 Å². The maximum absolute atomic E-state index is 4.40. The Morgan fingerprint density at radius 1 is 1.25 bits per heavy atom. The molecule has 0 aliphatic carbocycles. The summed E-state index contributed by atoms with van der Waals surface area (Å²) in [5.74, 6) is 0.967. The third-order valence-electron chi connectivity index (χ3n) is 2.99. The van der Waals surface area contributed by atoms with Crippen LogP contribution in [0.3, 0.4) is 0 Å². The van der Waals surface area contributed by atoms with Gasteiger partial charge in [0.05, 0.1) is 0 Å². The van der Waals surface area contributed by atoms with Gasteiger partial charge in [-0.2, -0.15) is 0 Å². The van der Waals surface area contributed by atoms with E-state index in [1.165, 1.54) is 0 Å². The molecular weight excluding hydrogens is 200 g/mol. The van der Waals surface area contributed by atoms with E-state index in [4.69, 9.17) is 0 Å². The van der Waals surface area contributed by atoms with Gasteiger partial charge in [-0.3, -0.25) is 4.98 Å². The summed E-state index contributed by atoms with van der Waals surface area (Å²) in [7, 11) is 0. The molecule has 1 N–H and O–H groups in total. The highest BCUT2D eigenvalue weighted by molar-refractivity contribution is 5.49. The van der Waals surface area contributed by atoms with Crippen molar-refractivity contribution < 1.29 is 0 Å². The van der Waals surface area contributed by atoms with Gasteiger partial charge in [-0.1, -0.05) is 6.07 Å². The molecule has 4 nitrogen and oxygen atoms in total. The van der Waals surface area contributed by atoms with Crippen LogP contribution in [0.1, 0.15) is 12.5 Å². The zero-order valence-electron chi connectivity index (χ0n) is 9.00. The first-order valence-corrected chi connectivity index (χ1v) is 5.60. The van der Waals surface area contributed by atoms with Crippen LogP contribution in [-0.2, 0) is 0 Å². The Kier molecular flexibility index (Phi) is 2.42. The van der Waals surface area contributed by atoms with Crippen molar-refractivity contribution in [2.24, 2.45) is 0 Å². The Hall–Kier alpha value is -1.68. The van der Waals surface area contributed by atoms with Crippen molar-refractivity contribution in [3.63, 3.8) is 0 Å². The van der Waals surface area contributed by atoms with E-state index >= 15 is 0 Å². The molecule has 1 saturated heterocycles. The lowest BCUT2D eigenvalue weighted by Crippen LogP contribution is -2.13. The van der Waals surface area contributed by atoms with Crippen LogP contribution in [0.2, 0.25) is 0 Å². The zero-order valence-corrected chi connectivity index (χ0v) is 9.00. The molecule has 0 radical (unpaired) electrons. The van der Waals surface area contributed by atoms with Crippen LogP contribution in [0.15, 0.2) is 36.8 Å². The monoisotopic (exact) mass is 214 g/mol. The minimum atomic E-state index is 0.513. The average Bonchev–Trinajstić information content (AvgIpc) is 3.01. The summed E-state index contributed by atoms with van der Waals surface area (Å²) < 4.78 is 2.22. The van der Waals surface area contributed by atoms with Crippen molar-refractivity contribution >= 4 is 0 Å². The number of hydrogen-bond donors (Lipinski definition) is 1. The number of nitrogens with zero attached hydrogens (tertiary/aromatic N) is 3. The fourth-order valence-electron chi connectivity index (χ4n) is 2.18. The Morgan fingerprint density at radius 2 is 2.25 bits per heavy atom. The predicted molar refractivity (Wildman–Crippen MR) is 62.0 cm³/mol. The quantitative estimate of drug-likeness (QED) is 0.823. The molecule has 1 unspecified atom stereocenters. The summed E-state index contributed by atoms with van der Waals surface area (Å²) in [6, 6.07) is 6.43. The summed E-state index contributed by atoms with van der Waals surface area (Å²) in [6.07, 6.45) is 6.86. The lowest BCUT2D eigenvalue weighted by molar-refractivity contribution is 0.551. The fraction of sp³-hybridized carbons (Fsp3) is 0.333. The van der Waals surface area contributed by atoms with Gasteiger partial charge >= 0.3 is 0 Å². The van der Waals surface area contributed by atoms with Crippen molar-refractivity contribution in [1.82, 2.24) is 19.9 Å². The van der Waals surface area contributed by atoms with Crippen LogP contribution in [0.25, 0.3) is 11.5 Å². The van der Waals surface area contributed by atoms with Gasteiger partial charge in [-0.05, 0) is 25.1 Å². The van der Waals surface area contributed by atoms with E-state index in [9.17, 15) is 0 Å². The topological polar surface area (TPSA) is 42.7 Å². The molecular formula is C12H14N4. The lowest BCUT2D eigenvalue weighted by Gasteiger charge is -2.13. The van der Waals surface area contributed by atoms with Gasteiger partial charge in [-0.15, -0.1) is 0 Å². The summed E-state index contributed by atoms with van der Waals surface area (Å²) in [4.78, 5) is 8.75. The van der Waals surface area contributed by atoms with E-state index in [1.807, 2.05) is 30.6 Å². The van der Waals surface area contributed by atoms with Gasteiger partial charge in [-0.25, -0.2) is 4.98 Å². The molecule has 4 heteroatoms. The van der Waals surface area contributed by atoms with E-state index in [1.54, 1.807) is 6.20 Å². The molecule has 0 bridgehead atoms. The molecule has 0 aromatic carbocycles. The van der Waals surface area contributed by atoms with Crippen LogP contribution in [-0.4, -0.2) is 27.6 Å². The molecule has 2 aromatic rings. The van der Waals surface area contributed by atoms with Crippen LogP contribution in [0.5, 0.6) is 0 Å². The second-order valence-corrected chi connectivity index (χ2v) is 4.02. The van der Waals surface area contributed by atoms with Crippen LogP contribution >= 0.6 is 0 Å². The van der Waals surface area contributed by atoms with Crippen LogP contribution in [0.4, 0.5) is 0 Å². The maximum atomic E-state index is 4.40. The number of hydrogen-bond acceptors (Lipinski definition) is 3. The van der Waals surface area contributed by atoms with Crippen molar-refractivity contribution in [2.75, 3.05) is 13.1 Å². The minimum Gasteiger partial charge on any atom is -0.325 e. The number of rotatable bonds is 2. The van der Waals surface area contributed by atoms with Crippen molar-refractivity contribution in [3.05, 3.63) is 36.8 Å². The van der Waals surface area contributed by atoms with Gasteiger partial charge in [0.2, 0.25) is 0 Å². The summed E-state index contributed by atoms with van der Waals surface area (Å²) in [6.45, 7) is 2.11. The third-order valence-corrected chi connectivity index (χ3v) is 2.99. The molecule has 3 rings (SSSR count). The smallest absolute Gasteiger partial charge is 0.158 e. The van der Waals surface area contributed by atoms with Crippen molar-refractivity contribution in [2.45, 2.75) is 12.5 Å². The molecule has 82 valence electrons. The number of aromatic nitrogens is 3. The normalized spacial score (nSPS) is 20.1. The highest BCUT2D eigenvalue weighted by Gasteiger charge is 2.19. The number of nitrogens with one attached hydrogen (secondary N) is 1. The minimum absolute atomic E-state index is 0.513. The zero-order chi connectivity index (χ0) is 10.8. The molecule has 0 amide bonds. The van der Waals surface area contributed by atoms with Gasteiger partial charge in [0.15, 0.2) is 5.82 Å². The second kappa shape index (κ2) is 4.06. The standard InChI is InChI=1S/C12H14N4/c1-2-5-14-11(3-1)12-15-7-8-16(12)10-4-6-13-9-10/h1-3,5,7-8,10,13H,4,6,9H2. The Balaban J connectivity index is 1.99. The molecule has 2 aromatic heterocycles. The maximum Gasteiger partial charge on any atom is 0.158 e. The number of imidazole rings is 1. The molecule has 1 atom stereocenters. The molecule has 1 aliphatic rings. The van der Waals surface area contributed by atoms with E-state index in [2.05, 4.69) is 19.9 Å². The largest absolute Gasteiger partial charge is 0.325 e. The fourth-order valence-corrected chi connectivity index (χ4v) is 2.18. The van der Waals surface area contributed by atoms with E-state index in [0.717, 1.165) is 31.0 Å². The highest BCUT2D eigenvalue weighted by Crippen LogP contribution is 2.22. The average molecular weight is 214 g/mol. The molecule has 3 heterocycles. The Labute approximate surface area is 94.4 Å². The van der Waals surface area contributed by atoms with E-state index < -0.39 is 0 Å². The van der Waals surface area contributed by atoms with Gasteiger partial charge in [0.25, 0.3) is 0 Å². The molecule has 0 spiro atoms. The Bertz CT molecular complexity index is 457. The first-order valence-electron chi connectivity index (χ1n) is 5.60. The summed E-state index contributed by atoms with van der Waals surface area (Å²) >= 11 is 0. The van der Waals surface area contributed by atoms with E-state index in [0.29, 0.717) is 6.04 Å².